The summed E-state index contributed by atoms with van der Waals surface area (Å²) in [5.41, 5.74) is 5.17. The zero-order valence-electron chi connectivity index (χ0n) is 14.2. The van der Waals surface area contributed by atoms with Gasteiger partial charge in [0.1, 0.15) is 0 Å². The van der Waals surface area contributed by atoms with Crippen LogP contribution in [0.1, 0.15) is 16.8 Å². The summed E-state index contributed by atoms with van der Waals surface area (Å²) in [6.45, 7) is 2.27. The van der Waals surface area contributed by atoms with E-state index in [0.29, 0.717) is 11.6 Å². The van der Waals surface area contributed by atoms with Crippen LogP contribution in [0.25, 0.3) is 11.3 Å². The normalized spacial score (nSPS) is 14.1. The van der Waals surface area contributed by atoms with Crippen LogP contribution in [0.2, 0.25) is 5.02 Å². The Bertz CT molecular complexity index is 937. The summed E-state index contributed by atoms with van der Waals surface area (Å²) >= 11 is 6.02. The van der Waals surface area contributed by atoms with Gasteiger partial charge in [-0.2, -0.15) is 5.10 Å². The molecule has 4 rings (SSSR count). The summed E-state index contributed by atoms with van der Waals surface area (Å²) in [6, 6.07) is 12.2. The third-order valence-electron chi connectivity index (χ3n) is 4.72. The molecule has 0 spiro atoms. The standard InChI is InChI=1S/C20H19ClFN3O/c21-15-4-2-14(3-5-15)20-16-7-9-23-10-8-18(16)25(24-20)12-13-1-6-19(26)17(22)11-13/h1-6,11,23,26H,7-10,12H2. The maximum atomic E-state index is 13.7. The van der Waals surface area contributed by atoms with Crippen LogP contribution in [0.4, 0.5) is 4.39 Å². The molecule has 0 unspecified atom stereocenters. The molecule has 4 nitrogen and oxygen atoms in total. The molecular weight excluding hydrogens is 353 g/mol. The van der Waals surface area contributed by atoms with Gasteiger partial charge in [0.2, 0.25) is 0 Å². The summed E-state index contributed by atoms with van der Waals surface area (Å²) in [4.78, 5) is 0. The molecule has 0 saturated heterocycles. The lowest BCUT2D eigenvalue weighted by atomic mass is 10.0. The fraction of sp³-hybridized carbons (Fsp3) is 0.250. The maximum Gasteiger partial charge on any atom is 0.165 e. The molecule has 0 aliphatic carbocycles. The van der Waals surface area contributed by atoms with Crippen molar-refractivity contribution < 1.29 is 9.50 Å². The van der Waals surface area contributed by atoms with Gasteiger partial charge in [0.05, 0.1) is 12.2 Å². The van der Waals surface area contributed by atoms with Crippen LogP contribution in [-0.4, -0.2) is 28.0 Å². The number of phenolic OH excluding ortho intramolecular Hbond substituents is 1. The van der Waals surface area contributed by atoms with E-state index in [2.05, 4.69) is 5.32 Å². The fourth-order valence-corrected chi connectivity index (χ4v) is 3.54. The molecule has 0 radical (unpaired) electrons. The van der Waals surface area contributed by atoms with Crippen LogP contribution in [0.5, 0.6) is 5.75 Å². The van der Waals surface area contributed by atoms with Crippen molar-refractivity contribution in [3.8, 4) is 17.0 Å². The SMILES string of the molecule is Oc1ccc(Cn2nc(-c3ccc(Cl)cc3)c3c2CCNCC3)cc1F. The predicted octanol–water partition coefficient (Wildman–Crippen LogP) is 3.78. The molecular formula is C20H19ClFN3O. The second-order valence-electron chi connectivity index (χ2n) is 6.47. The van der Waals surface area contributed by atoms with Crippen LogP contribution >= 0.6 is 11.6 Å². The van der Waals surface area contributed by atoms with E-state index < -0.39 is 5.82 Å². The quantitative estimate of drug-likeness (QED) is 0.736. The lowest BCUT2D eigenvalue weighted by Gasteiger charge is -2.08. The van der Waals surface area contributed by atoms with Gasteiger partial charge in [-0.3, -0.25) is 4.68 Å². The Labute approximate surface area is 156 Å². The minimum absolute atomic E-state index is 0.334. The van der Waals surface area contributed by atoms with Gasteiger partial charge in [-0.05, 0) is 42.8 Å². The zero-order chi connectivity index (χ0) is 18.1. The van der Waals surface area contributed by atoms with Crippen molar-refractivity contribution in [3.63, 3.8) is 0 Å². The fourth-order valence-electron chi connectivity index (χ4n) is 3.41. The highest BCUT2D eigenvalue weighted by Gasteiger charge is 2.21. The number of fused-ring (bicyclic) bond motifs is 1. The zero-order valence-corrected chi connectivity index (χ0v) is 14.9. The molecule has 2 aromatic carbocycles. The van der Waals surface area contributed by atoms with Gasteiger partial charge in [-0.1, -0.05) is 29.8 Å². The molecule has 1 aliphatic heterocycles. The van der Waals surface area contributed by atoms with E-state index in [9.17, 15) is 9.50 Å². The molecule has 0 bridgehead atoms. The van der Waals surface area contributed by atoms with E-state index in [0.717, 1.165) is 42.8 Å². The largest absolute Gasteiger partial charge is 0.505 e. The van der Waals surface area contributed by atoms with Gasteiger partial charge < -0.3 is 10.4 Å². The topological polar surface area (TPSA) is 50.1 Å². The molecule has 0 amide bonds. The number of nitrogens with one attached hydrogen (secondary N) is 1. The van der Waals surface area contributed by atoms with Crippen molar-refractivity contribution in [2.24, 2.45) is 0 Å². The number of benzene rings is 2. The molecule has 26 heavy (non-hydrogen) atoms. The molecule has 0 saturated carbocycles. The number of rotatable bonds is 3. The second kappa shape index (κ2) is 7.09. The predicted molar refractivity (Wildman–Crippen MR) is 100 cm³/mol. The van der Waals surface area contributed by atoms with E-state index in [4.69, 9.17) is 16.7 Å². The second-order valence-corrected chi connectivity index (χ2v) is 6.91. The third-order valence-corrected chi connectivity index (χ3v) is 4.97. The molecule has 1 aliphatic rings. The van der Waals surface area contributed by atoms with Gasteiger partial charge in [-0.15, -0.1) is 0 Å². The monoisotopic (exact) mass is 371 g/mol. The Kier molecular flexibility index (Phi) is 4.66. The van der Waals surface area contributed by atoms with Crippen molar-refractivity contribution in [1.29, 1.82) is 0 Å². The number of aromatic hydroxyl groups is 1. The molecule has 2 heterocycles. The van der Waals surface area contributed by atoms with Gasteiger partial charge in [-0.25, -0.2) is 4.39 Å². The summed E-state index contributed by atoms with van der Waals surface area (Å²) in [5, 5.41) is 18.4. The molecule has 0 atom stereocenters. The first-order valence-corrected chi connectivity index (χ1v) is 9.02. The van der Waals surface area contributed by atoms with Gasteiger partial charge in [0, 0.05) is 34.8 Å². The number of nitrogens with zero attached hydrogens (tertiary/aromatic N) is 2. The van der Waals surface area contributed by atoms with Crippen molar-refractivity contribution in [3.05, 3.63) is 70.1 Å². The number of phenols is 1. The van der Waals surface area contributed by atoms with Gasteiger partial charge in [0.25, 0.3) is 0 Å². The maximum absolute atomic E-state index is 13.7. The van der Waals surface area contributed by atoms with E-state index in [1.54, 1.807) is 6.07 Å². The molecule has 1 aromatic heterocycles. The van der Waals surface area contributed by atoms with Crippen LogP contribution in [0.15, 0.2) is 42.5 Å². The summed E-state index contributed by atoms with van der Waals surface area (Å²) in [5.74, 6) is -0.945. The first kappa shape index (κ1) is 17.1. The summed E-state index contributed by atoms with van der Waals surface area (Å²) in [6.07, 6.45) is 1.77. The van der Waals surface area contributed by atoms with E-state index >= 15 is 0 Å². The first-order chi connectivity index (χ1) is 12.6. The average molecular weight is 372 g/mol. The Morgan fingerprint density at radius 2 is 1.88 bits per heavy atom. The Balaban J connectivity index is 1.76. The number of halogens is 2. The highest BCUT2D eigenvalue weighted by molar-refractivity contribution is 6.30. The molecule has 3 aromatic rings. The van der Waals surface area contributed by atoms with Crippen molar-refractivity contribution in [2.45, 2.75) is 19.4 Å². The van der Waals surface area contributed by atoms with E-state index in [1.165, 1.54) is 23.4 Å². The highest BCUT2D eigenvalue weighted by atomic mass is 35.5. The average Bonchev–Trinajstić information content (AvgIpc) is 2.81. The number of hydrogen-bond acceptors (Lipinski definition) is 3. The van der Waals surface area contributed by atoms with E-state index in [1.807, 2.05) is 28.9 Å². The third kappa shape index (κ3) is 3.32. The molecule has 2 N–H and O–H groups in total. The van der Waals surface area contributed by atoms with Crippen molar-refractivity contribution in [1.82, 2.24) is 15.1 Å². The van der Waals surface area contributed by atoms with Crippen LogP contribution in [0.3, 0.4) is 0 Å². The van der Waals surface area contributed by atoms with Crippen LogP contribution < -0.4 is 5.32 Å². The van der Waals surface area contributed by atoms with Gasteiger partial charge >= 0.3 is 0 Å². The van der Waals surface area contributed by atoms with E-state index in [-0.39, 0.29) is 5.75 Å². The smallest absolute Gasteiger partial charge is 0.165 e. The molecule has 134 valence electrons. The minimum Gasteiger partial charge on any atom is -0.505 e. The lowest BCUT2D eigenvalue weighted by molar-refractivity contribution is 0.431. The summed E-state index contributed by atoms with van der Waals surface area (Å²) < 4.78 is 15.6. The Morgan fingerprint density at radius 1 is 1.12 bits per heavy atom. The highest BCUT2D eigenvalue weighted by Crippen LogP contribution is 2.29. The Hall–Kier alpha value is -2.37. The minimum atomic E-state index is -0.611. The van der Waals surface area contributed by atoms with Crippen LogP contribution in [0, 0.1) is 5.82 Å². The number of aromatic nitrogens is 2. The molecule has 0 fully saturated rings. The Morgan fingerprint density at radius 3 is 2.65 bits per heavy atom. The number of hydrogen-bond donors (Lipinski definition) is 2. The summed E-state index contributed by atoms with van der Waals surface area (Å²) in [7, 11) is 0. The van der Waals surface area contributed by atoms with Crippen molar-refractivity contribution in [2.75, 3.05) is 13.1 Å². The first-order valence-electron chi connectivity index (χ1n) is 8.64. The molecule has 6 heteroatoms. The van der Waals surface area contributed by atoms with Crippen LogP contribution in [-0.2, 0) is 19.4 Å². The van der Waals surface area contributed by atoms with Crippen molar-refractivity contribution >= 4 is 11.6 Å². The lowest BCUT2D eigenvalue weighted by Crippen LogP contribution is -2.17. The van der Waals surface area contributed by atoms with Gasteiger partial charge in [0.15, 0.2) is 11.6 Å².